The van der Waals surface area contributed by atoms with Gasteiger partial charge in [-0.1, -0.05) is 32.9 Å². The topological polar surface area (TPSA) is 43.3 Å². The molecule has 2 aromatic carbocycles. The Morgan fingerprint density at radius 1 is 0.842 bits per heavy atom. The van der Waals surface area contributed by atoms with Crippen LogP contribution in [-0.4, -0.2) is 9.66 Å². The van der Waals surface area contributed by atoms with E-state index in [9.17, 15) is 9.66 Å². The molecule has 2 nitrogen and oxygen atoms in total. The normalized spacial score (nSPS) is 13.3. The van der Waals surface area contributed by atoms with Gasteiger partial charge >= 0.3 is 0 Å². The van der Waals surface area contributed by atoms with E-state index in [2.05, 4.69) is 20.8 Å². The van der Waals surface area contributed by atoms with Crippen molar-refractivity contribution >= 4 is 11.2 Å². The molecule has 0 radical (unpaired) electrons. The highest BCUT2D eigenvalue weighted by Crippen LogP contribution is 2.26. The van der Waals surface area contributed by atoms with E-state index < -0.39 is 11.2 Å². The van der Waals surface area contributed by atoms with E-state index in [0.717, 1.165) is 4.90 Å². The fourth-order valence-electron chi connectivity index (χ4n) is 1.78. The zero-order valence-electron chi connectivity index (χ0n) is 11.4. The highest BCUT2D eigenvalue weighted by Gasteiger charge is 2.17. The molecule has 0 spiro atoms. The molecule has 0 amide bonds. The average molecular weight is 274 g/mol. The van der Waals surface area contributed by atoms with Gasteiger partial charge in [-0.25, -0.2) is 0 Å². The Labute approximate surface area is 117 Å². The maximum absolute atomic E-state index is 12.3. The van der Waals surface area contributed by atoms with E-state index in [-0.39, 0.29) is 11.2 Å². The maximum Gasteiger partial charge on any atom is 0.158 e. The largest absolute Gasteiger partial charge is 0.606 e. The van der Waals surface area contributed by atoms with Gasteiger partial charge in [0, 0.05) is 11.2 Å². The van der Waals surface area contributed by atoms with Crippen LogP contribution in [0.3, 0.4) is 0 Å². The summed E-state index contributed by atoms with van der Waals surface area (Å²) in [7, 11) is 0. The highest BCUT2D eigenvalue weighted by atomic mass is 32.2. The monoisotopic (exact) mass is 274 g/mol. The van der Waals surface area contributed by atoms with Gasteiger partial charge in [0.25, 0.3) is 0 Å². The van der Waals surface area contributed by atoms with E-state index >= 15 is 0 Å². The van der Waals surface area contributed by atoms with Crippen molar-refractivity contribution in [3.05, 3.63) is 54.1 Å². The molecule has 0 aromatic heterocycles. The van der Waals surface area contributed by atoms with Crippen LogP contribution in [0.1, 0.15) is 26.3 Å². The summed E-state index contributed by atoms with van der Waals surface area (Å²) in [6, 6.07) is 14.3. The van der Waals surface area contributed by atoms with Gasteiger partial charge in [-0.2, -0.15) is 0 Å². The second-order valence-electron chi connectivity index (χ2n) is 5.54. The number of phenols is 1. The Balaban J connectivity index is 2.25. The van der Waals surface area contributed by atoms with Crippen molar-refractivity contribution in [3.63, 3.8) is 0 Å². The first-order chi connectivity index (χ1) is 8.88. The third-order valence-corrected chi connectivity index (χ3v) is 4.39. The summed E-state index contributed by atoms with van der Waals surface area (Å²) >= 11 is -1.20. The molecule has 0 aliphatic rings. The molecule has 0 fully saturated rings. The number of rotatable bonds is 2. The van der Waals surface area contributed by atoms with Crippen LogP contribution in [0.2, 0.25) is 0 Å². The van der Waals surface area contributed by atoms with Gasteiger partial charge in [0.1, 0.15) is 5.75 Å². The van der Waals surface area contributed by atoms with Gasteiger partial charge in [0.15, 0.2) is 9.79 Å². The minimum absolute atomic E-state index is 0.0958. The molecule has 0 aliphatic heterocycles. The maximum atomic E-state index is 12.3. The molecule has 0 saturated carbocycles. The lowest BCUT2D eigenvalue weighted by Gasteiger charge is -2.19. The Morgan fingerprint density at radius 2 is 1.26 bits per heavy atom. The van der Waals surface area contributed by atoms with Crippen molar-refractivity contribution in [1.82, 2.24) is 0 Å². The summed E-state index contributed by atoms with van der Waals surface area (Å²) in [4.78, 5) is 1.47. The number of hydrogen-bond donors (Lipinski definition) is 1. The molecular formula is C16H18O2S. The predicted octanol–water partition coefficient (Wildman–Crippen LogP) is 3.86. The van der Waals surface area contributed by atoms with Crippen molar-refractivity contribution in [2.45, 2.75) is 36.0 Å². The Hall–Kier alpha value is -1.45. The average Bonchev–Trinajstić information content (AvgIpc) is 2.38. The van der Waals surface area contributed by atoms with Crippen molar-refractivity contribution in [3.8, 4) is 5.75 Å². The highest BCUT2D eigenvalue weighted by molar-refractivity contribution is 7.91. The molecule has 0 saturated heterocycles. The molecule has 1 unspecified atom stereocenters. The SMILES string of the molecule is CC(C)(C)c1ccc([S+]([O-])c2ccc(O)cc2)cc1. The third-order valence-electron chi connectivity index (χ3n) is 2.99. The van der Waals surface area contributed by atoms with Gasteiger partial charge < -0.3 is 9.66 Å². The lowest BCUT2D eigenvalue weighted by atomic mass is 9.87. The van der Waals surface area contributed by atoms with Crippen molar-refractivity contribution < 1.29 is 9.66 Å². The molecular weight excluding hydrogens is 256 g/mol. The summed E-state index contributed by atoms with van der Waals surface area (Å²) < 4.78 is 12.3. The number of benzene rings is 2. The Kier molecular flexibility index (Phi) is 3.88. The Morgan fingerprint density at radius 3 is 1.68 bits per heavy atom. The Bertz CT molecular complexity index is 538. The minimum atomic E-state index is -1.20. The summed E-state index contributed by atoms with van der Waals surface area (Å²) in [5, 5.41) is 9.24. The summed E-state index contributed by atoms with van der Waals surface area (Å²) in [5.41, 5.74) is 1.32. The summed E-state index contributed by atoms with van der Waals surface area (Å²) in [5.74, 6) is 0.184. The molecule has 2 rings (SSSR count). The summed E-state index contributed by atoms with van der Waals surface area (Å²) in [6.07, 6.45) is 0. The van der Waals surface area contributed by atoms with Gasteiger partial charge in [0.05, 0.1) is 0 Å². The van der Waals surface area contributed by atoms with Crippen LogP contribution < -0.4 is 0 Å². The van der Waals surface area contributed by atoms with Crippen LogP contribution in [0.25, 0.3) is 0 Å². The van der Waals surface area contributed by atoms with Crippen molar-refractivity contribution in [2.75, 3.05) is 0 Å². The zero-order chi connectivity index (χ0) is 14.0. The van der Waals surface area contributed by atoms with E-state index in [1.807, 2.05) is 24.3 Å². The van der Waals surface area contributed by atoms with Crippen LogP contribution in [0.4, 0.5) is 0 Å². The van der Waals surface area contributed by atoms with Crippen LogP contribution in [0, 0.1) is 0 Å². The van der Waals surface area contributed by atoms with Crippen molar-refractivity contribution in [2.24, 2.45) is 0 Å². The van der Waals surface area contributed by atoms with Gasteiger partial charge in [-0.3, -0.25) is 0 Å². The van der Waals surface area contributed by atoms with Crippen molar-refractivity contribution in [1.29, 1.82) is 0 Å². The molecule has 1 N–H and O–H groups in total. The lowest BCUT2D eigenvalue weighted by molar-refractivity contribution is 0.474. The van der Waals surface area contributed by atoms with Crippen LogP contribution in [0.5, 0.6) is 5.75 Å². The first-order valence-corrected chi connectivity index (χ1v) is 7.34. The third kappa shape index (κ3) is 3.31. The number of hydrogen-bond acceptors (Lipinski definition) is 2. The van der Waals surface area contributed by atoms with E-state index in [0.29, 0.717) is 4.90 Å². The van der Waals surface area contributed by atoms with E-state index in [1.54, 1.807) is 24.3 Å². The quantitative estimate of drug-likeness (QED) is 0.845. The van der Waals surface area contributed by atoms with E-state index in [4.69, 9.17) is 0 Å². The molecule has 100 valence electrons. The molecule has 0 aliphatic carbocycles. The van der Waals surface area contributed by atoms with Crippen LogP contribution in [0.15, 0.2) is 58.3 Å². The fraction of sp³-hybridized carbons (Fsp3) is 0.250. The first kappa shape index (κ1) is 14.0. The second kappa shape index (κ2) is 5.27. The van der Waals surface area contributed by atoms with Gasteiger partial charge in [-0.15, -0.1) is 0 Å². The standard InChI is InChI=1S/C16H18O2S/c1-16(2,3)12-4-8-14(9-5-12)19(18)15-10-6-13(17)7-11-15/h4-11,17H,1-3H3. The molecule has 19 heavy (non-hydrogen) atoms. The van der Waals surface area contributed by atoms with Gasteiger partial charge in [-0.05, 0) is 47.4 Å². The van der Waals surface area contributed by atoms with Crippen LogP contribution >= 0.6 is 0 Å². The van der Waals surface area contributed by atoms with Gasteiger partial charge in [0.2, 0.25) is 0 Å². The molecule has 1 atom stereocenters. The fourth-order valence-corrected chi connectivity index (χ4v) is 2.82. The summed E-state index contributed by atoms with van der Waals surface area (Å²) in [6.45, 7) is 6.46. The first-order valence-electron chi connectivity index (χ1n) is 6.19. The minimum Gasteiger partial charge on any atom is -0.606 e. The number of phenolic OH excluding ortho intramolecular Hbond substituents is 1. The van der Waals surface area contributed by atoms with Crippen LogP contribution in [-0.2, 0) is 16.6 Å². The molecule has 0 bridgehead atoms. The lowest BCUT2D eigenvalue weighted by Crippen LogP contribution is -2.11. The van der Waals surface area contributed by atoms with E-state index in [1.165, 1.54) is 5.56 Å². The number of aromatic hydroxyl groups is 1. The second-order valence-corrected chi connectivity index (χ2v) is 7.02. The smallest absolute Gasteiger partial charge is 0.158 e. The predicted molar refractivity (Wildman–Crippen MR) is 77.9 cm³/mol. The molecule has 3 heteroatoms. The molecule has 0 heterocycles. The molecule has 2 aromatic rings. The zero-order valence-corrected chi connectivity index (χ0v) is 12.2.